The largest absolute Gasteiger partial charge is 0.478 e. The van der Waals surface area contributed by atoms with Crippen molar-refractivity contribution in [2.75, 3.05) is 0 Å². The summed E-state index contributed by atoms with van der Waals surface area (Å²) in [7, 11) is 0. The monoisotopic (exact) mass is 324 g/mol. The molecule has 8 heteroatoms. The van der Waals surface area contributed by atoms with Gasteiger partial charge in [0.2, 0.25) is 0 Å². The molecule has 2 aromatic carbocycles. The van der Waals surface area contributed by atoms with Gasteiger partial charge in [-0.1, -0.05) is 24.3 Å². The fourth-order valence-corrected chi connectivity index (χ4v) is 2.22. The number of hydrogen-bond acceptors (Lipinski definition) is 6. The average Bonchev–Trinajstić information content (AvgIpc) is 2.54. The fourth-order valence-electron chi connectivity index (χ4n) is 2.22. The van der Waals surface area contributed by atoms with Crippen LogP contribution in [0, 0.1) is 23.0 Å². The molecule has 0 bridgehead atoms. The number of rotatable bonds is 5. The van der Waals surface area contributed by atoms with E-state index < -0.39 is 11.9 Å². The van der Waals surface area contributed by atoms with Crippen LogP contribution in [0.5, 0.6) is 11.5 Å². The number of benzene rings is 2. The van der Waals surface area contributed by atoms with Crippen molar-refractivity contribution in [3.05, 3.63) is 47.5 Å². The summed E-state index contributed by atoms with van der Waals surface area (Å²) in [6, 6.07) is 8.10. The van der Waals surface area contributed by atoms with Gasteiger partial charge in [0.1, 0.15) is 11.1 Å². The molecule has 0 aromatic heterocycles. The van der Waals surface area contributed by atoms with Crippen molar-refractivity contribution < 1.29 is 29.3 Å². The van der Waals surface area contributed by atoms with Gasteiger partial charge in [-0.05, 0) is 12.1 Å². The highest BCUT2D eigenvalue weighted by molar-refractivity contribution is 6.05. The number of carboxylic acids is 2. The summed E-state index contributed by atoms with van der Waals surface area (Å²) in [5.41, 5.74) is -0.738. The molecule has 0 radical (unpaired) electrons. The summed E-state index contributed by atoms with van der Waals surface area (Å²) < 4.78 is 9.26. The molecule has 0 spiro atoms. The van der Waals surface area contributed by atoms with E-state index in [1.165, 1.54) is 48.9 Å². The van der Waals surface area contributed by atoms with Gasteiger partial charge in [-0.15, -0.1) is 10.5 Å². The summed E-state index contributed by atoms with van der Waals surface area (Å²) in [6.07, 6.45) is 2.76. The van der Waals surface area contributed by atoms with Crippen molar-refractivity contribution in [3.63, 3.8) is 0 Å². The van der Waals surface area contributed by atoms with E-state index >= 15 is 0 Å². The first-order valence-electron chi connectivity index (χ1n) is 6.36. The van der Waals surface area contributed by atoms with E-state index in [0.29, 0.717) is 0 Å². The quantitative estimate of drug-likeness (QED) is 0.799. The van der Waals surface area contributed by atoms with Crippen molar-refractivity contribution in [3.8, 4) is 35.1 Å². The van der Waals surface area contributed by atoms with Crippen LogP contribution >= 0.6 is 0 Å². The third kappa shape index (κ3) is 2.93. The number of aromatic carboxylic acids is 2. The number of hydrogen-bond donors (Lipinski definition) is 2. The predicted molar refractivity (Wildman–Crippen MR) is 78.3 cm³/mol. The third-order valence-corrected chi connectivity index (χ3v) is 3.08. The Morgan fingerprint density at radius 3 is 1.46 bits per heavy atom. The number of carboxylic acid groups (broad SMARTS) is 2. The number of nitrogens with zero attached hydrogens (tertiary/aromatic N) is 2. The molecule has 118 valence electrons. The van der Waals surface area contributed by atoms with Gasteiger partial charge in [-0.2, -0.15) is 0 Å². The Kier molecular flexibility index (Phi) is 4.64. The summed E-state index contributed by atoms with van der Waals surface area (Å²) in [5.74, 6) is -3.27. The van der Waals surface area contributed by atoms with E-state index in [4.69, 9.17) is 10.5 Å². The Balaban J connectivity index is 2.83. The van der Waals surface area contributed by atoms with Crippen molar-refractivity contribution in [2.45, 2.75) is 0 Å². The standard InChI is InChI=1S/C16H8N2O6/c17-7-23-11-5-1-3-9(13(11)15(19)20)10-4-2-6-12(24-8-18)14(10)16(21)22/h1-6H,(H,19,20)(H,21,22). The molecule has 0 saturated heterocycles. The molecule has 0 heterocycles. The van der Waals surface area contributed by atoms with E-state index in [9.17, 15) is 19.8 Å². The van der Waals surface area contributed by atoms with Crippen molar-refractivity contribution in [2.24, 2.45) is 0 Å². The number of ether oxygens (including phenoxy) is 2. The van der Waals surface area contributed by atoms with Crippen LogP contribution < -0.4 is 9.47 Å². The van der Waals surface area contributed by atoms with Crippen LogP contribution in [0.2, 0.25) is 0 Å². The lowest BCUT2D eigenvalue weighted by atomic mass is 9.94. The molecule has 2 aromatic rings. The highest BCUT2D eigenvalue weighted by atomic mass is 16.5. The van der Waals surface area contributed by atoms with Crippen LogP contribution in [0.1, 0.15) is 20.7 Å². The second-order valence-electron chi connectivity index (χ2n) is 4.35. The minimum Gasteiger partial charge on any atom is -0.478 e. The van der Waals surface area contributed by atoms with Crippen molar-refractivity contribution >= 4 is 11.9 Å². The van der Waals surface area contributed by atoms with E-state index in [2.05, 4.69) is 9.47 Å². The lowest BCUT2D eigenvalue weighted by Crippen LogP contribution is -2.07. The van der Waals surface area contributed by atoms with Gasteiger partial charge in [-0.25, -0.2) is 9.59 Å². The zero-order valence-electron chi connectivity index (χ0n) is 11.9. The first-order valence-corrected chi connectivity index (χ1v) is 6.36. The summed E-state index contributed by atoms with van der Waals surface area (Å²) in [4.78, 5) is 23.1. The molecule has 0 aliphatic heterocycles. The van der Waals surface area contributed by atoms with Crippen LogP contribution in [0.15, 0.2) is 36.4 Å². The van der Waals surface area contributed by atoms with Gasteiger partial charge >= 0.3 is 11.9 Å². The predicted octanol–water partition coefficient (Wildman–Crippen LogP) is 2.47. The van der Waals surface area contributed by atoms with Crippen LogP contribution in [-0.4, -0.2) is 22.2 Å². The topological polar surface area (TPSA) is 141 Å². The van der Waals surface area contributed by atoms with E-state index in [1.54, 1.807) is 0 Å². The molecule has 2 rings (SSSR count). The molecule has 0 atom stereocenters. The maximum absolute atomic E-state index is 11.6. The first kappa shape index (κ1) is 16.3. The van der Waals surface area contributed by atoms with Gasteiger partial charge in [-0.3, -0.25) is 0 Å². The fraction of sp³-hybridized carbons (Fsp3) is 0. The Morgan fingerprint density at radius 2 is 1.17 bits per heavy atom. The molecule has 0 aliphatic carbocycles. The van der Waals surface area contributed by atoms with E-state index in [1.807, 2.05) is 0 Å². The van der Waals surface area contributed by atoms with Crippen molar-refractivity contribution in [1.82, 2.24) is 0 Å². The number of nitriles is 2. The summed E-state index contributed by atoms with van der Waals surface area (Å²) in [5, 5.41) is 36.1. The summed E-state index contributed by atoms with van der Waals surface area (Å²) >= 11 is 0. The third-order valence-electron chi connectivity index (χ3n) is 3.08. The molecule has 0 unspecified atom stereocenters. The second kappa shape index (κ2) is 6.81. The molecule has 0 aliphatic rings. The SMILES string of the molecule is N#COc1cccc(-c2cccc(OC#N)c2C(=O)O)c1C(=O)O. The van der Waals surface area contributed by atoms with Gasteiger partial charge in [0.15, 0.2) is 11.5 Å². The maximum Gasteiger partial charge on any atom is 0.340 e. The van der Waals surface area contributed by atoms with Crippen LogP contribution in [0.3, 0.4) is 0 Å². The molecule has 0 amide bonds. The Morgan fingerprint density at radius 1 is 0.792 bits per heavy atom. The van der Waals surface area contributed by atoms with Crippen LogP contribution in [0.4, 0.5) is 0 Å². The molecule has 24 heavy (non-hydrogen) atoms. The maximum atomic E-state index is 11.6. The Bertz CT molecular complexity index is 832. The zero-order valence-corrected chi connectivity index (χ0v) is 11.9. The Hall–Kier alpha value is -4.04. The smallest absolute Gasteiger partial charge is 0.340 e. The minimum atomic E-state index is -1.40. The Labute approximate surface area is 135 Å². The highest BCUT2D eigenvalue weighted by Crippen LogP contribution is 2.36. The lowest BCUT2D eigenvalue weighted by molar-refractivity contribution is 0.0681. The molecule has 8 nitrogen and oxygen atoms in total. The molecule has 2 N–H and O–H groups in total. The highest BCUT2D eigenvalue weighted by Gasteiger charge is 2.24. The molecular formula is C16H8N2O6. The van der Waals surface area contributed by atoms with E-state index in [0.717, 1.165) is 0 Å². The van der Waals surface area contributed by atoms with Gasteiger partial charge < -0.3 is 19.7 Å². The first-order chi connectivity index (χ1) is 11.5. The van der Waals surface area contributed by atoms with Gasteiger partial charge in [0.05, 0.1) is 0 Å². The van der Waals surface area contributed by atoms with Crippen LogP contribution in [-0.2, 0) is 0 Å². The molecular weight excluding hydrogens is 316 g/mol. The van der Waals surface area contributed by atoms with Gasteiger partial charge in [0.25, 0.3) is 12.5 Å². The second-order valence-corrected chi connectivity index (χ2v) is 4.35. The van der Waals surface area contributed by atoms with Crippen molar-refractivity contribution in [1.29, 1.82) is 10.5 Å². The van der Waals surface area contributed by atoms with E-state index in [-0.39, 0.29) is 33.8 Å². The number of carbonyl (C=O) groups is 2. The normalized spacial score (nSPS) is 9.42. The molecule has 0 fully saturated rings. The summed E-state index contributed by atoms with van der Waals surface area (Å²) in [6.45, 7) is 0. The van der Waals surface area contributed by atoms with Gasteiger partial charge in [0, 0.05) is 11.1 Å². The zero-order chi connectivity index (χ0) is 17.7. The minimum absolute atomic E-state index is 0.0102. The molecule has 0 saturated carbocycles. The average molecular weight is 324 g/mol. The van der Waals surface area contributed by atoms with Crippen LogP contribution in [0.25, 0.3) is 11.1 Å². The lowest BCUT2D eigenvalue weighted by Gasteiger charge is -2.13.